The number of ether oxygens (including phenoxy) is 1. The molecule has 3 heteroatoms. The molecule has 15 heavy (non-hydrogen) atoms. The molecule has 0 unspecified atom stereocenters. The number of carbonyl (C=O) groups is 1. The van der Waals surface area contributed by atoms with Crippen LogP contribution in [0.15, 0.2) is 0 Å². The number of hydrogen-bond acceptors (Lipinski definition) is 3. The molecule has 0 heterocycles. The minimum atomic E-state index is -0.117. The van der Waals surface area contributed by atoms with Crippen LogP contribution in [0.5, 0.6) is 0 Å². The maximum atomic E-state index is 11.1. The van der Waals surface area contributed by atoms with E-state index in [1.54, 1.807) is 0 Å². The number of carbonyl (C=O) groups excluding carboxylic acids is 1. The highest BCUT2D eigenvalue weighted by Crippen LogP contribution is 2.03. The highest BCUT2D eigenvalue weighted by molar-refractivity contribution is 5.71. The summed E-state index contributed by atoms with van der Waals surface area (Å²) >= 11 is 0. The zero-order valence-electron chi connectivity index (χ0n) is 10.4. The van der Waals surface area contributed by atoms with Gasteiger partial charge in [0.05, 0.1) is 13.2 Å². The fourth-order valence-corrected chi connectivity index (χ4v) is 1.49. The Morgan fingerprint density at radius 1 is 1.13 bits per heavy atom. The molecule has 0 spiro atoms. The minimum Gasteiger partial charge on any atom is -0.465 e. The maximum absolute atomic E-state index is 11.1. The number of rotatable bonds is 9. The first-order valence-electron chi connectivity index (χ1n) is 6.04. The van der Waals surface area contributed by atoms with Gasteiger partial charge in [-0.15, -0.1) is 0 Å². The summed E-state index contributed by atoms with van der Waals surface area (Å²) in [6.07, 6.45) is 6.35. The summed E-state index contributed by atoms with van der Waals surface area (Å²) in [4.78, 5) is 13.2. The van der Waals surface area contributed by atoms with Crippen LogP contribution in [0.1, 0.15) is 46.0 Å². The molecule has 0 bridgehead atoms. The van der Waals surface area contributed by atoms with Crippen molar-refractivity contribution in [3.05, 3.63) is 0 Å². The molecular weight excluding hydrogens is 190 g/mol. The van der Waals surface area contributed by atoms with Gasteiger partial charge >= 0.3 is 5.97 Å². The molecule has 0 rings (SSSR count). The molecule has 0 atom stereocenters. The van der Waals surface area contributed by atoms with Crippen molar-refractivity contribution in [1.82, 2.24) is 4.90 Å². The fourth-order valence-electron chi connectivity index (χ4n) is 1.49. The second-order valence-electron chi connectivity index (χ2n) is 3.96. The monoisotopic (exact) mass is 215 g/mol. The van der Waals surface area contributed by atoms with Gasteiger partial charge in [0.2, 0.25) is 0 Å². The average molecular weight is 215 g/mol. The van der Waals surface area contributed by atoms with Gasteiger partial charge in [0.15, 0.2) is 0 Å². The largest absolute Gasteiger partial charge is 0.465 e. The number of likely N-dealkylation sites (N-methyl/N-ethyl adjacent to an activating group) is 1. The molecule has 0 N–H and O–H groups in total. The van der Waals surface area contributed by atoms with Crippen LogP contribution >= 0.6 is 0 Å². The van der Waals surface area contributed by atoms with Crippen molar-refractivity contribution in [2.45, 2.75) is 46.0 Å². The summed E-state index contributed by atoms with van der Waals surface area (Å²) in [5.41, 5.74) is 0. The molecule has 0 saturated heterocycles. The lowest BCUT2D eigenvalue weighted by molar-refractivity contribution is -0.144. The first-order chi connectivity index (χ1) is 7.20. The Bertz CT molecular complexity index is 160. The quantitative estimate of drug-likeness (QED) is 0.437. The third-order valence-electron chi connectivity index (χ3n) is 2.35. The summed E-state index contributed by atoms with van der Waals surface area (Å²) < 4.78 is 4.88. The van der Waals surface area contributed by atoms with Gasteiger partial charge in [0.1, 0.15) is 0 Å². The zero-order chi connectivity index (χ0) is 11.5. The summed E-state index contributed by atoms with van der Waals surface area (Å²) in [5.74, 6) is -0.117. The van der Waals surface area contributed by atoms with Crippen molar-refractivity contribution in [1.29, 1.82) is 0 Å². The van der Waals surface area contributed by atoms with E-state index in [4.69, 9.17) is 4.74 Å². The lowest BCUT2D eigenvalue weighted by Gasteiger charge is -2.14. The average Bonchev–Trinajstić information content (AvgIpc) is 2.17. The van der Waals surface area contributed by atoms with E-state index in [9.17, 15) is 4.79 Å². The normalized spacial score (nSPS) is 10.7. The van der Waals surface area contributed by atoms with Gasteiger partial charge in [-0.3, -0.25) is 9.69 Å². The molecule has 0 aromatic heterocycles. The number of hydrogen-bond donors (Lipinski definition) is 0. The van der Waals surface area contributed by atoms with Crippen LogP contribution in [0.2, 0.25) is 0 Å². The number of esters is 1. The summed E-state index contributed by atoms with van der Waals surface area (Å²) in [5, 5.41) is 0. The van der Waals surface area contributed by atoms with E-state index < -0.39 is 0 Å². The number of unbranched alkanes of at least 4 members (excludes halogenated alkanes) is 4. The highest BCUT2D eigenvalue weighted by atomic mass is 16.5. The Hall–Kier alpha value is -0.570. The molecule has 90 valence electrons. The van der Waals surface area contributed by atoms with E-state index >= 15 is 0 Å². The molecule has 0 aliphatic rings. The van der Waals surface area contributed by atoms with Gasteiger partial charge in [-0.1, -0.05) is 32.6 Å². The number of nitrogens with zero attached hydrogens (tertiary/aromatic N) is 1. The van der Waals surface area contributed by atoms with E-state index in [-0.39, 0.29) is 5.97 Å². The molecule has 0 saturated carbocycles. The van der Waals surface area contributed by atoms with Crippen LogP contribution in [-0.4, -0.2) is 37.6 Å². The molecule has 0 fully saturated rings. The Labute approximate surface area is 93.8 Å². The second-order valence-corrected chi connectivity index (χ2v) is 3.96. The topological polar surface area (TPSA) is 29.5 Å². The van der Waals surface area contributed by atoms with Crippen molar-refractivity contribution < 1.29 is 9.53 Å². The predicted molar refractivity (Wildman–Crippen MR) is 62.9 cm³/mol. The lowest BCUT2D eigenvalue weighted by atomic mass is 10.1. The van der Waals surface area contributed by atoms with Gasteiger partial charge in [-0.2, -0.15) is 0 Å². The standard InChI is InChI=1S/C12H25NO2/c1-4-6-7-8-9-10-13(3)11-12(14)15-5-2/h4-11H2,1-3H3. The van der Waals surface area contributed by atoms with Crippen LogP contribution in [-0.2, 0) is 9.53 Å². The van der Waals surface area contributed by atoms with Crippen molar-refractivity contribution in [2.75, 3.05) is 26.7 Å². The van der Waals surface area contributed by atoms with Crippen molar-refractivity contribution in [3.8, 4) is 0 Å². The third kappa shape index (κ3) is 9.73. The van der Waals surface area contributed by atoms with Crippen LogP contribution in [0.3, 0.4) is 0 Å². The Morgan fingerprint density at radius 3 is 2.40 bits per heavy atom. The van der Waals surface area contributed by atoms with E-state index in [2.05, 4.69) is 6.92 Å². The third-order valence-corrected chi connectivity index (χ3v) is 2.35. The Balaban J connectivity index is 3.32. The first-order valence-corrected chi connectivity index (χ1v) is 6.04. The molecule has 0 aliphatic heterocycles. The molecule has 0 radical (unpaired) electrons. The van der Waals surface area contributed by atoms with E-state index in [0.717, 1.165) is 6.54 Å². The van der Waals surface area contributed by atoms with Crippen LogP contribution in [0.25, 0.3) is 0 Å². The smallest absolute Gasteiger partial charge is 0.320 e. The predicted octanol–water partition coefficient (Wildman–Crippen LogP) is 2.45. The molecule has 3 nitrogen and oxygen atoms in total. The van der Waals surface area contributed by atoms with Gasteiger partial charge < -0.3 is 4.74 Å². The SMILES string of the molecule is CCCCCCCN(C)CC(=O)OCC. The van der Waals surface area contributed by atoms with Crippen LogP contribution < -0.4 is 0 Å². The lowest BCUT2D eigenvalue weighted by Crippen LogP contribution is -2.28. The van der Waals surface area contributed by atoms with Crippen LogP contribution in [0.4, 0.5) is 0 Å². The van der Waals surface area contributed by atoms with Gasteiger partial charge in [0.25, 0.3) is 0 Å². The fraction of sp³-hybridized carbons (Fsp3) is 0.917. The van der Waals surface area contributed by atoms with E-state index in [0.29, 0.717) is 13.2 Å². The Kier molecular flexibility index (Phi) is 9.59. The van der Waals surface area contributed by atoms with Crippen molar-refractivity contribution in [3.63, 3.8) is 0 Å². The second kappa shape index (κ2) is 9.97. The molecule has 0 aromatic carbocycles. The van der Waals surface area contributed by atoms with Gasteiger partial charge in [-0.25, -0.2) is 0 Å². The molecular formula is C12H25NO2. The van der Waals surface area contributed by atoms with Gasteiger partial charge in [0, 0.05) is 0 Å². The minimum absolute atomic E-state index is 0.117. The maximum Gasteiger partial charge on any atom is 0.320 e. The van der Waals surface area contributed by atoms with E-state index in [1.807, 2.05) is 18.9 Å². The molecule has 0 amide bonds. The van der Waals surface area contributed by atoms with Gasteiger partial charge in [-0.05, 0) is 26.9 Å². The van der Waals surface area contributed by atoms with Crippen molar-refractivity contribution >= 4 is 5.97 Å². The Morgan fingerprint density at radius 2 is 1.80 bits per heavy atom. The van der Waals surface area contributed by atoms with E-state index in [1.165, 1.54) is 32.1 Å². The van der Waals surface area contributed by atoms with Crippen LogP contribution in [0, 0.1) is 0 Å². The summed E-state index contributed by atoms with van der Waals surface area (Å²) in [6, 6.07) is 0. The summed E-state index contributed by atoms with van der Waals surface area (Å²) in [6.45, 7) is 5.93. The molecule has 0 aliphatic carbocycles. The zero-order valence-corrected chi connectivity index (χ0v) is 10.4. The molecule has 0 aromatic rings. The first kappa shape index (κ1) is 14.4. The summed E-state index contributed by atoms with van der Waals surface area (Å²) in [7, 11) is 1.97. The van der Waals surface area contributed by atoms with Crippen molar-refractivity contribution in [2.24, 2.45) is 0 Å². The highest BCUT2D eigenvalue weighted by Gasteiger charge is 2.05.